The first-order valence-electron chi connectivity index (χ1n) is 4.12. The predicted molar refractivity (Wildman–Crippen MR) is 54.8 cm³/mol. The average molecular weight is 251 g/mol. The molecule has 0 aromatic heterocycles. The summed E-state index contributed by atoms with van der Waals surface area (Å²) in [7, 11) is -2.21. The molecule has 0 saturated heterocycles. The molecule has 0 atom stereocenters. The molecule has 82 valence electrons. The smallest absolute Gasteiger partial charge is 0.246 e. The number of halogens is 2. The summed E-state index contributed by atoms with van der Waals surface area (Å²) in [5.41, 5.74) is -0.0162. The van der Waals surface area contributed by atoms with Crippen LogP contribution in [0.2, 0.25) is 5.02 Å². The van der Waals surface area contributed by atoms with Gasteiger partial charge in [0.2, 0.25) is 10.0 Å². The van der Waals surface area contributed by atoms with Gasteiger partial charge >= 0.3 is 0 Å². The lowest BCUT2D eigenvalue weighted by Crippen LogP contribution is -2.37. The second-order valence-electron chi connectivity index (χ2n) is 3.20. The fraction of sp³-hybridized carbons (Fsp3) is 0.250. The molecule has 1 aliphatic rings. The Morgan fingerprint density at radius 1 is 1.53 bits per heavy atom. The molecule has 1 N–H and O–H groups in total. The monoisotopic (exact) mass is 250 g/mol. The molecule has 0 aliphatic carbocycles. The fourth-order valence-corrected chi connectivity index (χ4v) is 2.91. The van der Waals surface area contributed by atoms with Gasteiger partial charge in [0, 0.05) is 12.1 Å². The van der Waals surface area contributed by atoms with Crippen molar-refractivity contribution in [1.29, 1.82) is 0 Å². The molecule has 0 bridgehead atoms. The van der Waals surface area contributed by atoms with Gasteiger partial charge < -0.3 is 5.32 Å². The van der Waals surface area contributed by atoms with Gasteiger partial charge in [0.25, 0.3) is 0 Å². The Balaban J connectivity index is 2.75. The van der Waals surface area contributed by atoms with Gasteiger partial charge in [0.05, 0.1) is 12.4 Å². The van der Waals surface area contributed by atoms with Gasteiger partial charge in [-0.25, -0.2) is 12.8 Å². The summed E-state index contributed by atoms with van der Waals surface area (Å²) in [6.07, 6.45) is 0. The van der Waals surface area contributed by atoms with E-state index in [0.717, 1.165) is 10.4 Å². The van der Waals surface area contributed by atoms with Gasteiger partial charge in [-0.15, -0.1) is 0 Å². The molecule has 0 amide bonds. The maximum atomic E-state index is 13.4. The third kappa shape index (κ3) is 1.58. The number of nitrogens with one attached hydrogen (secondary N) is 1. The van der Waals surface area contributed by atoms with Gasteiger partial charge in [-0.2, -0.15) is 4.31 Å². The van der Waals surface area contributed by atoms with Crippen LogP contribution < -0.4 is 5.32 Å². The van der Waals surface area contributed by atoms with Crippen LogP contribution >= 0.6 is 11.6 Å². The van der Waals surface area contributed by atoms with Gasteiger partial charge in [0.15, 0.2) is 0 Å². The molecule has 0 radical (unpaired) electrons. The van der Waals surface area contributed by atoms with Crippen LogP contribution in [0, 0.1) is 5.82 Å². The summed E-state index contributed by atoms with van der Waals surface area (Å²) in [6, 6.07) is 2.31. The highest BCUT2D eigenvalue weighted by molar-refractivity contribution is 7.89. The van der Waals surface area contributed by atoms with Crippen LogP contribution in [0.15, 0.2) is 17.0 Å². The molecule has 4 nitrogen and oxygen atoms in total. The van der Waals surface area contributed by atoms with Crippen LogP contribution in [-0.2, 0) is 10.0 Å². The Kier molecular flexibility index (Phi) is 2.37. The lowest BCUT2D eigenvalue weighted by atomic mass is 10.3. The van der Waals surface area contributed by atoms with Crippen molar-refractivity contribution < 1.29 is 12.8 Å². The third-order valence-corrected chi connectivity index (χ3v) is 4.23. The number of nitrogens with zero attached hydrogens (tertiary/aromatic N) is 1. The maximum Gasteiger partial charge on any atom is 0.246 e. The topological polar surface area (TPSA) is 49.4 Å². The van der Waals surface area contributed by atoms with E-state index in [1.807, 2.05) is 0 Å². The van der Waals surface area contributed by atoms with Crippen molar-refractivity contribution in [2.24, 2.45) is 0 Å². The van der Waals surface area contributed by atoms with E-state index in [4.69, 9.17) is 11.6 Å². The van der Waals surface area contributed by atoms with Gasteiger partial charge in [0.1, 0.15) is 10.7 Å². The fourth-order valence-electron chi connectivity index (χ4n) is 1.37. The highest BCUT2D eigenvalue weighted by atomic mass is 35.5. The zero-order chi connectivity index (χ0) is 11.2. The number of fused-ring (bicyclic) bond motifs is 1. The highest BCUT2D eigenvalue weighted by Crippen LogP contribution is 2.32. The molecule has 7 heteroatoms. The zero-order valence-corrected chi connectivity index (χ0v) is 9.36. The van der Waals surface area contributed by atoms with Crippen molar-refractivity contribution in [2.75, 3.05) is 19.0 Å². The minimum atomic E-state index is -3.62. The Bertz CT molecular complexity index is 518. The molecule has 0 spiro atoms. The quantitative estimate of drug-likeness (QED) is 0.759. The third-order valence-electron chi connectivity index (χ3n) is 2.19. The molecule has 2 rings (SSSR count). The van der Waals surface area contributed by atoms with Crippen LogP contribution in [0.4, 0.5) is 10.1 Å². The average Bonchev–Trinajstić information content (AvgIpc) is 2.12. The van der Waals surface area contributed by atoms with E-state index in [9.17, 15) is 12.8 Å². The Hall–Kier alpha value is -0.850. The summed E-state index contributed by atoms with van der Waals surface area (Å²) in [4.78, 5) is -0.124. The minimum Gasteiger partial charge on any atom is -0.368 e. The van der Waals surface area contributed by atoms with E-state index in [-0.39, 0.29) is 22.3 Å². The standard InChI is InChI=1S/C8H8ClFN2O2S/c1-12-4-11-8-6(10)2-5(9)3-7(8)15(12,13)14/h2-3,11H,4H2,1H3. The first-order valence-corrected chi connectivity index (χ1v) is 5.94. The summed E-state index contributed by atoms with van der Waals surface area (Å²) in [6.45, 7) is 0.0495. The van der Waals surface area contributed by atoms with Gasteiger partial charge in [-0.3, -0.25) is 0 Å². The van der Waals surface area contributed by atoms with E-state index in [1.165, 1.54) is 13.1 Å². The van der Waals surface area contributed by atoms with Crippen molar-refractivity contribution in [3.63, 3.8) is 0 Å². The van der Waals surface area contributed by atoms with Crippen LogP contribution in [0.1, 0.15) is 0 Å². The van der Waals surface area contributed by atoms with Gasteiger partial charge in [-0.05, 0) is 12.1 Å². The van der Waals surface area contributed by atoms with Crippen LogP contribution in [0.25, 0.3) is 0 Å². The molecule has 0 fully saturated rings. The number of benzene rings is 1. The summed E-state index contributed by atoms with van der Waals surface area (Å²) >= 11 is 5.61. The summed E-state index contributed by atoms with van der Waals surface area (Å²) in [5.74, 6) is -0.658. The number of hydrogen-bond donors (Lipinski definition) is 1. The maximum absolute atomic E-state index is 13.4. The lowest BCUT2D eigenvalue weighted by Gasteiger charge is -2.26. The van der Waals surface area contributed by atoms with Gasteiger partial charge in [-0.1, -0.05) is 11.6 Å². The summed E-state index contributed by atoms with van der Waals surface area (Å²) in [5, 5.41) is 2.74. The van der Waals surface area contributed by atoms with Crippen molar-refractivity contribution >= 4 is 27.3 Å². The Morgan fingerprint density at radius 3 is 2.87 bits per heavy atom. The normalized spacial score (nSPS) is 19.4. The lowest BCUT2D eigenvalue weighted by molar-refractivity contribution is 0.478. The van der Waals surface area contributed by atoms with E-state index in [1.54, 1.807) is 0 Å². The molecule has 1 aromatic carbocycles. The molecule has 1 aromatic rings. The molecule has 0 saturated carbocycles. The molecular formula is C8H8ClFN2O2S. The molecule has 15 heavy (non-hydrogen) atoms. The number of sulfonamides is 1. The largest absolute Gasteiger partial charge is 0.368 e. The van der Waals surface area contributed by atoms with Crippen molar-refractivity contribution in [2.45, 2.75) is 4.90 Å². The predicted octanol–water partition coefficient (Wildman–Crippen LogP) is 1.48. The number of rotatable bonds is 0. The van der Waals surface area contributed by atoms with Crippen LogP contribution in [-0.4, -0.2) is 26.4 Å². The zero-order valence-electron chi connectivity index (χ0n) is 7.79. The first kappa shape index (κ1) is 10.7. The van der Waals surface area contributed by atoms with E-state index >= 15 is 0 Å². The number of anilines is 1. The highest BCUT2D eigenvalue weighted by Gasteiger charge is 2.30. The molecule has 1 aliphatic heterocycles. The van der Waals surface area contributed by atoms with E-state index in [2.05, 4.69) is 5.32 Å². The molecular weight excluding hydrogens is 243 g/mol. The van der Waals surface area contributed by atoms with E-state index < -0.39 is 15.8 Å². The second-order valence-corrected chi connectivity index (χ2v) is 5.65. The van der Waals surface area contributed by atoms with Crippen LogP contribution in [0.3, 0.4) is 0 Å². The Labute approximate surface area is 91.7 Å². The van der Waals surface area contributed by atoms with E-state index in [0.29, 0.717) is 0 Å². The van der Waals surface area contributed by atoms with Crippen LogP contribution in [0.5, 0.6) is 0 Å². The molecule has 1 heterocycles. The molecule has 0 unspecified atom stereocenters. The van der Waals surface area contributed by atoms with Crippen molar-refractivity contribution in [3.05, 3.63) is 23.0 Å². The SMILES string of the molecule is CN1CNc2c(F)cc(Cl)cc2S1(=O)=O. The van der Waals surface area contributed by atoms with Crippen molar-refractivity contribution in [3.8, 4) is 0 Å². The number of hydrogen-bond acceptors (Lipinski definition) is 3. The summed E-state index contributed by atoms with van der Waals surface area (Å²) < 4.78 is 38.0. The second kappa shape index (κ2) is 3.33. The first-order chi connectivity index (χ1) is 6.93. The minimum absolute atomic E-state index is 0.0162. The Morgan fingerprint density at radius 2 is 2.20 bits per heavy atom. The van der Waals surface area contributed by atoms with Crippen molar-refractivity contribution in [1.82, 2.24) is 4.31 Å².